The zero-order valence-corrected chi connectivity index (χ0v) is 6.31. The van der Waals surface area contributed by atoms with E-state index in [-0.39, 0.29) is 0 Å². The first-order valence-corrected chi connectivity index (χ1v) is 3.85. The van der Waals surface area contributed by atoms with E-state index in [0.29, 0.717) is 0 Å². The summed E-state index contributed by atoms with van der Waals surface area (Å²) in [4.78, 5) is 0. The number of hydrogen-bond donors (Lipinski definition) is 0. The molecule has 0 aromatic carbocycles. The standard InChI is InChI=1S/C3H5F3O5S/c4-3(5,6)10-1-2-11-12(7,8)9/h1-2H2,(H,7,8,9)/p-1. The maximum absolute atomic E-state index is 11.2. The minimum atomic E-state index is -4.94. The van der Waals surface area contributed by atoms with Crippen molar-refractivity contribution in [3.8, 4) is 0 Å². The average Bonchev–Trinajstić information content (AvgIpc) is 1.76. The molecule has 0 aromatic heterocycles. The van der Waals surface area contributed by atoms with Crippen LogP contribution in [0.5, 0.6) is 0 Å². The SMILES string of the molecule is O=S(=O)([O-])OCCOC(F)(F)F. The van der Waals surface area contributed by atoms with Crippen LogP contribution in [0.25, 0.3) is 0 Å². The Balaban J connectivity index is 3.48. The minimum absolute atomic E-state index is 0.953. The van der Waals surface area contributed by atoms with Crippen LogP contribution in [0.15, 0.2) is 0 Å². The van der Waals surface area contributed by atoms with Crippen LogP contribution >= 0.6 is 0 Å². The summed E-state index contributed by atoms with van der Waals surface area (Å²) in [6.45, 7) is -1.99. The predicted octanol–water partition coefficient (Wildman–Crippen LogP) is -0.000400. The lowest BCUT2D eigenvalue weighted by molar-refractivity contribution is -0.325. The van der Waals surface area contributed by atoms with Crippen molar-refractivity contribution < 1.29 is 35.1 Å². The highest BCUT2D eigenvalue weighted by Gasteiger charge is 2.28. The number of ether oxygens (including phenoxy) is 1. The molecule has 0 bridgehead atoms. The van der Waals surface area contributed by atoms with Crippen molar-refractivity contribution in [2.75, 3.05) is 13.2 Å². The highest BCUT2D eigenvalue weighted by Crippen LogP contribution is 2.15. The van der Waals surface area contributed by atoms with Gasteiger partial charge in [-0.05, 0) is 0 Å². The van der Waals surface area contributed by atoms with Gasteiger partial charge in [0.1, 0.15) is 0 Å². The summed E-state index contributed by atoms with van der Waals surface area (Å²) in [5, 5.41) is 0. The van der Waals surface area contributed by atoms with Crippen LogP contribution in [0.3, 0.4) is 0 Å². The quantitative estimate of drug-likeness (QED) is 0.370. The monoisotopic (exact) mass is 209 g/mol. The molecule has 0 amide bonds. The molecular formula is C3H4F3O5S-. The van der Waals surface area contributed by atoms with Crippen LogP contribution in [0, 0.1) is 0 Å². The van der Waals surface area contributed by atoms with Gasteiger partial charge in [-0.3, -0.25) is 8.92 Å². The Kier molecular flexibility index (Phi) is 3.90. The average molecular weight is 209 g/mol. The van der Waals surface area contributed by atoms with Gasteiger partial charge in [-0.15, -0.1) is 13.2 Å². The van der Waals surface area contributed by atoms with Crippen LogP contribution in [-0.2, 0) is 19.3 Å². The second kappa shape index (κ2) is 4.03. The van der Waals surface area contributed by atoms with Gasteiger partial charge in [0.2, 0.25) is 10.4 Å². The summed E-state index contributed by atoms with van der Waals surface area (Å²) in [6.07, 6.45) is -4.85. The van der Waals surface area contributed by atoms with Gasteiger partial charge >= 0.3 is 6.36 Å². The summed E-state index contributed by atoms with van der Waals surface area (Å²) in [5.41, 5.74) is 0. The summed E-state index contributed by atoms with van der Waals surface area (Å²) in [5.74, 6) is 0. The molecule has 0 spiro atoms. The summed E-state index contributed by atoms with van der Waals surface area (Å²) in [6, 6.07) is 0. The molecule has 0 aliphatic heterocycles. The van der Waals surface area contributed by atoms with E-state index in [1.54, 1.807) is 0 Å². The maximum atomic E-state index is 11.2. The molecule has 0 fully saturated rings. The summed E-state index contributed by atoms with van der Waals surface area (Å²) >= 11 is 0. The van der Waals surface area contributed by atoms with Gasteiger partial charge in [0.05, 0.1) is 13.2 Å². The Morgan fingerprint density at radius 2 is 1.75 bits per heavy atom. The van der Waals surface area contributed by atoms with Crippen LogP contribution < -0.4 is 0 Å². The molecule has 0 N–H and O–H groups in total. The largest absolute Gasteiger partial charge is 0.726 e. The fourth-order valence-corrected chi connectivity index (χ4v) is 0.566. The zero-order chi connectivity index (χ0) is 9.83. The number of halogens is 3. The Bertz CT molecular complexity index is 219. The molecule has 74 valence electrons. The minimum Gasteiger partial charge on any atom is -0.726 e. The van der Waals surface area contributed by atoms with E-state index in [4.69, 9.17) is 0 Å². The van der Waals surface area contributed by atoms with E-state index in [2.05, 4.69) is 8.92 Å². The molecule has 0 saturated carbocycles. The van der Waals surface area contributed by atoms with Gasteiger partial charge < -0.3 is 4.55 Å². The van der Waals surface area contributed by atoms with Crippen molar-refractivity contribution >= 4 is 10.4 Å². The molecule has 0 aromatic rings. The maximum Gasteiger partial charge on any atom is 0.522 e. The number of rotatable bonds is 4. The van der Waals surface area contributed by atoms with Gasteiger partial charge in [-0.2, -0.15) is 0 Å². The Morgan fingerprint density at radius 3 is 2.08 bits per heavy atom. The lowest BCUT2D eigenvalue weighted by atomic mass is 10.8. The van der Waals surface area contributed by atoms with Gasteiger partial charge in [0, 0.05) is 0 Å². The Labute approximate surface area is 66.0 Å². The van der Waals surface area contributed by atoms with Crippen LogP contribution in [0.4, 0.5) is 13.2 Å². The van der Waals surface area contributed by atoms with E-state index >= 15 is 0 Å². The highest BCUT2D eigenvalue weighted by atomic mass is 32.3. The molecule has 0 rings (SSSR count). The molecule has 9 heteroatoms. The lowest BCUT2D eigenvalue weighted by Gasteiger charge is -2.09. The molecule has 0 heterocycles. The van der Waals surface area contributed by atoms with Crippen molar-refractivity contribution in [2.24, 2.45) is 0 Å². The molecule has 5 nitrogen and oxygen atoms in total. The normalized spacial score (nSPS) is 13.3. The predicted molar refractivity (Wildman–Crippen MR) is 27.7 cm³/mol. The molecule has 0 saturated heterocycles. The van der Waals surface area contributed by atoms with Crippen molar-refractivity contribution in [2.45, 2.75) is 6.36 Å². The number of hydrogen-bond acceptors (Lipinski definition) is 5. The smallest absolute Gasteiger partial charge is 0.522 e. The van der Waals surface area contributed by atoms with E-state index in [1.165, 1.54) is 0 Å². The first-order valence-electron chi connectivity index (χ1n) is 2.52. The lowest BCUT2D eigenvalue weighted by Crippen LogP contribution is -2.18. The molecule has 0 aliphatic carbocycles. The third kappa shape index (κ3) is 9.62. The first kappa shape index (κ1) is 11.6. The molecule has 12 heavy (non-hydrogen) atoms. The van der Waals surface area contributed by atoms with Gasteiger partial charge in [-0.1, -0.05) is 0 Å². The number of alkyl halides is 3. The van der Waals surface area contributed by atoms with Gasteiger partial charge in [-0.25, -0.2) is 8.42 Å². The van der Waals surface area contributed by atoms with Crippen LogP contribution in [0.1, 0.15) is 0 Å². The van der Waals surface area contributed by atoms with E-state index in [0.717, 1.165) is 0 Å². The van der Waals surface area contributed by atoms with Crippen molar-refractivity contribution in [3.05, 3.63) is 0 Å². The Hall–Kier alpha value is -0.380. The third-order valence-electron chi connectivity index (χ3n) is 0.577. The molecule has 0 atom stereocenters. The molecular weight excluding hydrogens is 205 g/mol. The van der Waals surface area contributed by atoms with Crippen molar-refractivity contribution in [1.82, 2.24) is 0 Å². The highest BCUT2D eigenvalue weighted by molar-refractivity contribution is 7.80. The Morgan fingerprint density at radius 1 is 1.25 bits per heavy atom. The fourth-order valence-electron chi connectivity index (χ4n) is 0.293. The molecule has 0 unspecified atom stereocenters. The second-order valence-corrected chi connectivity index (χ2v) is 2.58. The van der Waals surface area contributed by atoms with Crippen LogP contribution in [0.2, 0.25) is 0 Å². The van der Waals surface area contributed by atoms with E-state index in [1.807, 2.05) is 0 Å². The van der Waals surface area contributed by atoms with Crippen molar-refractivity contribution in [3.63, 3.8) is 0 Å². The van der Waals surface area contributed by atoms with Gasteiger partial charge in [0.25, 0.3) is 0 Å². The fraction of sp³-hybridized carbons (Fsp3) is 1.00. The zero-order valence-electron chi connectivity index (χ0n) is 5.50. The van der Waals surface area contributed by atoms with E-state index in [9.17, 15) is 26.1 Å². The van der Waals surface area contributed by atoms with Crippen molar-refractivity contribution in [1.29, 1.82) is 0 Å². The first-order chi connectivity index (χ1) is 5.21. The molecule has 0 radical (unpaired) electrons. The third-order valence-corrected chi connectivity index (χ3v) is 1.03. The van der Waals surface area contributed by atoms with Crippen LogP contribution in [-0.4, -0.2) is 32.5 Å². The summed E-state index contributed by atoms with van der Waals surface area (Å²) in [7, 11) is -4.94. The van der Waals surface area contributed by atoms with Gasteiger partial charge in [0.15, 0.2) is 0 Å². The molecule has 0 aliphatic rings. The second-order valence-electron chi connectivity index (χ2n) is 1.52. The van der Waals surface area contributed by atoms with E-state index < -0.39 is 30.0 Å². The summed E-state index contributed by atoms with van der Waals surface area (Å²) < 4.78 is 68.9. The topological polar surface area (TPSA) is 75.7 Å².